The van der Waals surface area contributed by atoms with Crippen LogP contribution in [0.5, 0.6) is 0 Å². The van der Waals surface area contributed by atoms with Crippen LogP contribution in [-0.4, -0.2) is 0 Å². The van der Waals surface area contributed by atoms with E-state index in [4.69, 9.17) is 0 Å². The molecule has 0 saturated heterocycles. The van der Waals surface area contributed by atoms with E-state index in [2.05, 4.69) is 56.8 Å². The fourth-order valence-corrected chi connectivity index (χ4v) is 1.66. The fraction of sp³-hybridized carbons (Fsp3) is 0.467. The lowest BCUT2D eigenvalue weighted by atomic mass is 9.87. The minimum atomic E-state index is 0.302. The van der Waals surface area contributed by atoms with Gasteiger partial charge in [0.05, 0.1) is 0 Å². The molecule has 0 N–H and O–H groups in total. The van der Waals surface area contributed by atoms with Gasteiger partial charge >= 0.3 is 0 Å². The summed E-state index contributed by atoms with van der Waals surface area (Å²) in [5.74, 6) is 0. The molecule has 0 saturated carbocycles. The van der Waals surface area contributed by atoms with Crippen LogP contribution >= 0.6 is 0 Å². The number of hydrogen-bond donors (Lipinski definition) is 0. The Morgan fingerprint density at radius 2 is 1.80 bits per heavy atom. The van der Waals surface area contributed by atoms with Crippen LogP contribution in [0.3, 0.4) is 0 Å². The number of hydrogen-bond acceptors (Lipinski definition) is 0. The van der Waals surface area contributed by atoms with Gasteiger partial charge in [-0.1, -0.05) is 56.7 Å². The van der Waals surface area contributed by atoms with Crippen LogP contribution < -0.4 is 0 Å². The van der Waals surface area contributed by atoms with Gasteiger partial charge in [-0.2, -0.15) is 0 Å². The number of rotatable bonds is 6. The molecule has 0 atom stereocenters. The van der Waals surface area contributed by atoms with Crippen LogP contribution in [0, 0.1) is 5.41 Å². The maximum absolute atomic E-state index is 3.87. The summed E-state index contributed by atoms with van der Waals surface area (Å²) >= 11 is 0. The lowest BCUT2D eigenvalue weighted by molar-refractivity contribution is 0.415. The van der Waals surface area contributed by atoms with E-state index in [9.17, 15) is 0 Å². The summed E-state index contributed by atoms with van der Waals surface area (Å²) in [7, 11) is 0. The van der Waals surface area contributed by atoms with Gasteiger partial charge in [0.2, 0.25) is 0 Å². The highest BCUT2D eigenvalue weighted by Crippen LogP contribution is 2.24. The number of allylic oxidation sites excluding steroid dienone is 1. The van der Waals surface area contributed by atoms with Gasteiger partial charge in [-0.15, -0.1) is 6.58 Å². The van der Waals surface area contributed by atoms with E-state index in [1.807, 2.05) is 0 Å². The first kappa shape index (κ1) is 12.0. The number of unbranched alkanes of at least 4 members (excludes halogenated alkanes) is 1. The highest BCUT2D eigenvalue weighted by Gasteiger charge is 2.11. The molecule has 0 spiro atoms. The third kappa shape index (κ3) is 4.83. The number of aryl methyl sites for hydroxylation is 1. The standard InChI is InChI=1S/C15H22/c1-4-15(2,3)13-9-8-12-14-10-6-5-7-11-14/h4-7,10-11H,1,8-9,12-13H2,2-3H3. The Balaban J connectivity index is 2.20. The average Bonchev–Trinajstić information content (AvgIpc) is 2.26. The molecule has 0 heteroatoms. The van der Waals surface area contributed by atoms with Gasteiger partial charge in [0.1, 0.15) is 0 Å². The van der Waals surface area contributed by atoms with Crippen LogP contribution in [0.4, 0.5) is 0 Å². The molecule has 0 aromatic heterocycles. The molecule has 1 aromatic rings. The summed E-state index contributed by atoms with van der Waals surface area (Å²) in [6, 6.07) is 10.7. The topological polar surface area (TPSA) is 0 Å². The predicted molar refractivity (Wildman–Crippen MR) is 68.0 cm³/mol. The summed E-state index contributed by atoms with van der Waals surface area (Å²) < 4.78 is 0. The Morgan fingerprint density at radius 3 is 2.40 bits per heavy atom. The van der Waals surface area contributed by atoms with Crippen LogP contribution in [-0.2, 0) is 6.42 Å². The molecular weight excluding hydrogens is 180 g/mol. The monoisotopic (exact) mass is 202 g/mol. The molecule has 0 fully saturated rings. The van der Waals surface area contributed by atoms with E-state index >= 15 is 0 Å². The first-order chi connectivity index (χ1) is 7.14. The van der Waals surface area contributed by atoms with Crippen LogP contribution in [0.25, 0.3) is 0 Å². The van der Waals surface area contributed by atoms with Crippen LogP contribution in [0.1, 0.15) is 38.7 Å². The van der Waals surface area contributed by atoms with Crippen molar-refractivity contribution in [2.75, 3.05) is 0 Å². The van der Waals surface area contributed by atoms with Gasteiger partial charge in [0, 0.05) is 0 Å². The quantitative estimate of drug-likeness (QED) is 0.467. The van der Waals surface area contributed by atoms with Gasteiger partial charge in [-0.05, 0) is 30.2 Å². The Labute approximate surface area is 94.0 Å². The Bertz CT molecular complexity index is 282. The van der Waals surface area contributed by atoms with Crippen molar-refractivity contribution in [1.82, 2.24) is 0 Å². The van der Waals surface area contributed by atoms with E-state index in [0.29, 0.717) is 5.41 Å². The summed E-state index contributed by atoms with van der Waals surface area (Å²) in [4.78, 5) is 0. The third-order valence-corrected chi connectivity index (χ3v) is 2.93. The van der Waals surface area contributed by atoms with Gasteiger partial charge in [0.15, 0.2) is 0 Å². The highest BCUT2D eigenvalue weighted by molar-refractivity contribution is 5.14. The SMILES string of the molecule is C=CC(C)(C)CCCCc1ccccc1. The van der Waals surface area contributed by atoms with Crippen molar-refractivity contribution in [2.24, 2.45) is 5.41 Å². The minimum Gasteiger partial charge on any atom is -0.103 e. The maximum atomic E-state index is 3.87. The molecule has 0 radical (unpaired) electrons. The van der Waals surface area contributed by atoms with Crippen molar-refractivity contribution in [1.29, 1.82) is 0 Å². The first-order valence-electron chi connectivity index (χ1n) is 5.81. The molecule has 0 aliphatic heterocycles. The van der Waals surface area contributed by atoms with E-state index in [-0.39, 0.29) is 0 Å². The molecule has 0 bridgehead atoms. The van der Waals surface area contributed by atoms with Crippen molar-refractivity contribution in [3.63, 3.8) is 0 Å². The van der Waals surface area contributed by atoms with Crippen molar-refractivity contribution >= 4 is 0 Å². The molecule has 0 aliphatic carbocycles. The van der Waals surface area contributed by atoms with Crippen LogP contribution in [0.2, 0.25) is 0 Å². The molecule has 0 aliphatic rings. The minimum absolute atomic E-state index is 0.302. The summed E-state index contributed by atoms with van der Waals surface area (Å²) in [5.41, 5.74) is 1.75. The Kier molecular flexibility index (Phi) is 4.61. The largest absolute Gasteiger partial charge is 0.103 e. The Morgan fingerprint density at radius 1 is 1.13 bits per heavy atom. The zero-order chi connectivity index (χ0) is 11.1. The second kappa shape index (κ2) is 5.75. The Hall–Kier alpha value is -1.04. The second-order valence-electron chi connectivity index (χ2n) is 4.89. The molecule has 82 valence electrons. The second-order valence-corrected chi connectivity index (χ2v) is 4.89. The van der Waals surface area contributed by atoms with Crippen molar-refractivity contribution < 1.29 is 0 Å². The van der Waals surface area contributed by atoms with Gasteiger partial charge in [0.25, 0.3) is 0 Å². The highest BCUT2D eigenvalue weighted by atomic mass is 14.2. The fourth-order valence-electron chi connectivity index (χ4n) is 1.66. The lowest BCUT2D eigenvalue weighted by Crippen LogP contribution is -2.06. The van der Waals surface area contributed by atoms with E-state index in [1.165, 1.54) is 31.2 Å². The zero-order valence-electron chi connectivity index (χ0n) is 10.00. The smallest absolute Gasteiger partial charge is 0.0178 e. The maximum Gasteiger partial charge on any atom is -0.0178 e. The van der Waals surface area contributed by atoms with E-state index < -0.39 is 0 Å². The lowest BCUT2D eigenvalue weighted by Gasteiger charge is -2.19. The summed E-state index contributed by atoms with van der Waals surface area (Å²) in [6.45, 7) is 8.37. The molecule has 1 rings (SSSR count). The average molecular weight is 202 g/mol. The molecule has 0 heterocycles. The predicted octanol–water partition coefficient (Wildman–Crippen LogP) is 4.61. The van der Waals surface area contributed by atoms with E-state index in [0.717, 1.165) is 0 Å². The normalized spacial score (nSPS) is 11.3. The van der Waals surface area contributed by atoms with Gasteiger partial charge in [-0.25, -0.2) is 0 Å². The molecule has 1 aromatic carbocycles. The van der Waals surface area contributed by atoms with Crippen LogP contribution in [0.15, 0.2) is 43.0 Å². The van der Waals surface area contributed by atoms with Gasteiger partial charge < -0.3 is 0 Å². The van der Waals surface area contributed by atoms with E-state index in [1.54, 1.807) is 0 Å². The van der Waals surface area contributed by atoms with Crippen molar-refractivity contribution in [3.8, 4) is 0 Å². The first-order valence-corrected chi connectivity index (χ1v) is 5.81. The molecule has 0 nitrogen and oxygen atoms in total. The van der Waals surface area contributed by atoms with Crippen molar-refractivity contribution in [2.45, 2.75) is 39.5 Å². The summed E-state index contributed by atoms with van der Waals surface area (Å²) in [5, 5.41) is 0. The molecule has 0 amide bonds. The number of benzene rings is 1. The molecule has 15 heavy (non-hydrogen) atoms. The molecule has 0 unspecified atom stereocenters. The summed E-state index contributed by atoms with van der Waals surface area (Å²) in [6.07, 6.45) is 7.07. The molecular formula is C15H22. The van der Waals surface area contributed by atoms with Crippen molar-refractivity contribution in [3.05, 3.63) is 48.6 Å². The third-order valence-electron chi connectivity index (χ3n) is 2.93. The zero-order valence-corrected chi connectivity index (χ0v) is 10.00. The van der Waals surface area contributed by atoms with Gasteiger partial charge in [-0.3, -0.25) is 0 Å².